The highest BCUT2D eigenvalue weighted by Gasteiger charge is 2.51. The highest BCUT2D eigenvalue weighted by molar-refractivity contribution is 5.99. The van der Waals surface area contributed by atoms with Gasteiger partial charge in [0.25, 0.3) is 0 Å². The molecule has 1 aromatic carbocycles. The number of amides is 1. The lowest BCUT2D eigenvalue weighted by atomic mass is 10.2. The maximum absolute atomic E-state index is 13.3. The molecule has 0 aliphatic heterocycles. The summed E-state index contributed by atoms with van der Waals surface area (Å²) in [5, 5.41) is 0. The van der Waals surface area contributed by atoms with E-state index in [2.05, 4.69) is 0 Å². The second-order valence-corrected chi connectivity index (χ2v) is 4.19. The van der Waals surface area contributed by atoms with Crippen LogP contribution in [0.5, 0.6) is 5.75 Å². The lowest BCUT2D eigenvalue weighted by Crippen LogP contribution is -2.48. The summed E-state index contributed by atoms with van der Waals surface area (Å²) in [6.07, 6.45) is -3.90. The van der Waals surface area contributed by atoms with Crippen molar-refractivity contribution in [1.29, 1.82) is 0 Å². The summed E-state index contributed by atoms with van der Waals surface area (Å²) in [4.78, 5) is 12.4. The Kier molecular flexibility index (Phi) is 5.95. The Hall–Kier alpha value is -1.83. The number of benzene rings is 1. The molecule has 0 heterocycles. The first-order valence-corrected chi connectivity index (χ1v) is 6.17. The molecule has 0 fully saturated rings. The second-order valence-electron chi connectivity index (χ2n) is 4.19. The SMILES string of the molecule is COc1ccccc1N(CCCN)C(=O)C(F)(F)C(F)F. The van der Waals surface area contributed by atoms with Crippen LogP contribution in [0.15, 0.2) is 24.3 Å². The minimum atomic E-state index is -4.77. The third-order valence-electron chi connectivity index (χ3n) is 2.77. The normalized spacial score (nSPS) is 11.6. The van der Waals surface area contributed by atoms with E-state index in [1.165, 1.54) is 25.3 Å². The molecule has 2 N–H and O–H groups in total. The van der Waals surface area contributed by atoms with Crippen molar-refractivity contribution in [3.63, 3.8) is 0 Å². The molecule has 1 aromatic rings. The minimum absolute atomic E-state index is 0.00113. The van der Waals surface area contributed by atoms with Crippen LogP contribution in [0.1, 0.15) is 6.42 Å². The number of para-hydroxylation sites is 2. The number of rotatable bonds is 7. The van der Waals surface area contributed by atoms with Crippen LogP contribution in [0, 0.1) is 0 Å². The highest BCUT2D eigenvalue weighted by atomic mass is 19.3. The standard InChI is InChI=1S/C13H16F4N2O2/c1-21-10-6-3-2-5-9(10)19(8-4-7-18)12(20)13(16,17)11(14)15/h2-3,5-6,11H,4,7-8,18H2,1H3. The first-order valence-electron chi connectivity index (χ1n) is 6.17. The van der Waals surface area contributed by atoms with Gasteiger partial charge in [0.15, 0.2) is 0 Å². The molecule has 0 bridgehead atoms. The van der Waals surface area contributed by atoms with Crippen LogP contribution in [0.3, 0.4) is 0 Å². The fourth-order valence-electron chi connectivity index (χ4n) is 1.71. The number of carbonyl (C=O) groups is 1. The number of anilines is 1. The Bertz CT molecular complexity index is 483. The van der Waals surface area contributed by atoms with Crippen molar-refractivity contribution in [2.45, 2.75) is 18.8 Å². The van der Waals surface area contributed by atoms with Gasteiger partial charge < -0.3 is 15.4 Å². The van der Waals surface area contributed by atoms with Crippen LogP contribution in [-0.2, 0) is 4.79 Å². The van der Waals surface area contributed by atoms with Crippen LogP contribution in [-0.4, -0.2) is 38.5 Å². The molecule has 0 radical (unpaired) electrons. The zero-order valence-corrected chi connectivity index (χ0v) is 11.4. The first-order chi connectivity index (χ1) is 9.86. The number of halogens is 4. The smallest absolute Gasteiger partial charge is 0.384 e. The third kappa shape index (κ3) is 3.84. The van der Waals surface area contributed by atoms with Crippen LogP contribution < -0.4 is 15.4 Å². The van der Waals surface area contributed by atoms with E-state index < -0.39 is 18.3 Å². The van der Waals surface area contributed by atoms with Crippen molar-refractivity contribution < 1.29 is 27.1 Å². The molecule has 8 heteroatoms. The van der Waals surface area contributed by atoms with Crippen LogP contribution in [0.2, 0.25) is 0 Å². The highest BCUT2D eigenvalue weighted by Crippen LogP contribution is 2.33. The van der Waals surface area contributed by atoms with Gasteiger partial charge >= 0.3 is 18.3 Å². The molecular formula is C13H16F4N2O2. The van der Waals surface area contributed by atoms with Crippen LogP contribution in [0.25, 0.3) is 0 Å². The Morgan fingerprint density at radius 3 is 2.52 bits per heavy atom. The molecule has 0 saturated carbocycles. The summed E-state index contributed by atoms with van der Waals surface area (Å²) in [5.74, 6) is -6.61. The van der Waals surface area contributed by atoms with Gasteiger partial charge in [-0.25, -0.2) is 8.78 Å². The second kappa shape index (κ2) is 7.26. The number of ether oxygens (including phenoxy) is 1. The maximum atomic E-state index is 13.3. The van der Waals surface area contributed by atoms with E-state index in [0.717, 1.165) is 0 Å². The monoisotopic (exact) mass is 308 g/mol. The number of carbonyl (C=O) groups excluding carboxylic acids is 1. The van der Waals surface area contributed by atoms with Gasteiger partial charge in [-0.05, 0) is 25.1 Å². The van der Waals surface area contributed by atoms with E-state index in [1.54, 1.807) is 6.07 Å². The van der Waals surface area contributed by atoms with Crippen molar-refractivity contribution in [3.05, 3.63) is 24.3 Å². The predicted molar refractivity (Wildman–Crippen MR) is 70.0 cm³/mol. The quantitative estimate of drug-likeness (QED) is 0.786. The van der Waals surface area contributed by atoms with E-state index in [-0.39, 0.29) is 30.9 Å². The maximum Gasteiger partial charge on any atom is 0.384 e. The summed E-state index contributed by atoms with van der Waals surface area (Å²) in [6.45, 7) is -0.0861. The molecule has 1 amide bonds. The topological polar surface area (TPSA) is 55.6 Å². The van der Waals surface area contributed by atoms with Crippen LogP contribution >= 0.6 is 0 Å². The zero-order valence-electron chi connectivity index (χ0n) is 11.4. The molecule has 0 spiro atoms. The lowest BCUT2D eigenvalue weighted by Gasteiger charge is -2.27. The Labute approximate surface area is 119 Å². The predicted octanol–water partition coefficient (Wildman–Crippen LogP) is 2.28. The lowest BCUT2D eigenvalue weighted by molar-refractivity contribution is -0.166. The fraction of sp³-hybridized carbons (Fsp3) is 0.462. The van der Waals surface area contributed by atoms with E-state index in [0.29, 0.717) is 4.90 Å². The van der Waals surface area contributed by atoms with Gasteiger partial charge in [0.05, 0.1) is 12.8 Å². The Balaban J connectivity index is 3.20. The Morgan fingerprint density at radius 2 is 2.00 bits per heavy atom. The van der Waals surface area contributed by atoms with Crippen molar-refractivity contribution in [3.8, 4) is 5.75 Å². The first kappa shape index (κ1) is 17.2. The van der Waals surface area contributed by atoms with Gasteiger partial charge in [0.1, 0.15) is 5.75 Å². The molecule has 0 aliphatic carbocycles. The van der Waals surface area contributed by atoms with E-state index in [1.807, 2.05) is 0 Å². The van der Waals surface area contributed by atoms with Gasteiger partial charge in [-0.1, -0.05) is 12.1 Å². The molecule has 118 valence electrons. The number of nitrogens with zero attached hydrogens (tertiary/aromatic N) is 1. The fourth-order valence-corrected chi connectivity index (χ4v) is 1.71. The number of hydrogen-bond acceptors (Lipinski definition) is 3. The van der Waals surface area contributed by atoms with Crippen molar-refractivity contribution in [2.75, 3.05) is 25.1 Å². The summed E-state index contributed by atoms with van der Waals surface area (Å²) in [5.41, 5.74) is 5.29. The van der Waals surface area contributed by atoms with Gasteiger partial charge in [-0.2, -0.15) is 8.78 Å². The van der Waals surface area contributed by atoms with Crippen molar-refractivity contribution in [1.82, 2.24) is 0 Å². The minimum Gasteiger partial charge on any atom is -0.495 e. The summed E-state index contributed by atoms with van der Waals surface area (Å²) >= 11 is 0. The van der Waals surface area contributed by atoms with E-state index >= 15 is 0 Å². The molecule has 0 aliphatic rings. The van der Waals surface area contributed by atoms with E-state index in [9.17, 15) is 22.4 Å². The largest absolute Gasteiger partial charge is 0.495 e. The third-order valence-corrected chi connectivity index (χ3v) is 2.77. The zero-order chi connectivity index (χ0) is 16.0. The molecule has 0 atom stereocenters. The number of nitrogens with two attached hydrogens (primary N) is 1. The van der Waals surface area contributed by atoms with Crippen molar-refractivity contribution >= 4 is 11.6 Å². The van der Waals surface area contributed by atoms with Crippen LogP contribution in [0.4, 0.5) is 23.2 Å². The van der Waals surface area contributed by atoms with Gasteiger partial charge in [0.2, 0.25) is 0 Å². The summed E-state index contributed by atoms with van der Waals surface area (Å²) < 4.78 is 56.4. The Morgan fingerprint density at radius 1 is 1.38 bits per heavy atom. The molecule has 0 unspecified atom stereocenters. The van der Waals surface area contributed by atoms with Gasteiger partial charge in [0, 0.05) is 6.54 Å². The van der Waals surface area contributed by atoms with Crippen molar-refractivity contribution in [2.24, 2.45) is 5.73 Å². The molecule has 4 nitrogen and oxygen atoms in total. The molecule has 21 heavy (non-hydrogen) atoms. The molecule has 0 saturated heterocycles. The summed E-state index contributed by atoms with van der Waals surface area (Å²) in [6, 6.07) is 5.84. The average Bonchev–Trinajstić information content (AvgIpc) is 2.47. The number of alkyl halides is 4. The molecule has 1 rings (SSSR count). The number of hydrogen-bond donors (Lipinski definition) is 1. The van der Waals surface area contributed by atoms with Gasteiger partial charge in [-0.3, -0.25) is 4.79 Å². The molecule has 0 aromatic heterocycles. The summed E-state index contributed by atoms with van der Waals surface area (Å²) in [7, 11) is 1.29. The van der Waals surface area contributed by atoms with Gasteiger partial charge in [-0.15, -0.1) is 0 Å². The molecular weight excluding hydrogens is 292 g/mol. The van der Waals surface area contributed by atoms with E-state index in [4.69, 9.17) is 10.5 Å². The average molecular weight is 308 g/mol. The number of methoxy groups -OCH3 is 1.